The van der Waals surface area contributed by atoms with Gasteiger partial charge >= 0.3 is 5.97 Å². The SMILES string of the molecule is CC(C)c1ccc(Br)cc1CC(=O)O. The Morgan fingerprint density at radius 3 is 2.64 bits per heavy atom. The summed E-state index contributed by atoms with van der Waals surface area (Å²) in [5.74, 6) is -0.428. The molecule has 0 amide bonds. The van der Waals surface area contributed by atoms with Crippen LogP contribution in [0.2, 0.25) is 0 Å². The molecule has 0 fully saturated rings. The molecule has 0 aromatic heterocycles. The van der Waals surface area contributed by atoms with Crippen LogP contribution in [-0.4, -0.2) is 11.1 Å². The third-order valence-electron chi connectivity index (χ3n) is 2.07. The molecule has 1 N–H and O–H groups in total. The van der Waals surface area contributed by atoms with Crippen LogP contribution in [0.25, 0.3) is 0 Å². The third-order valence-corrected chi connectivity index (χ3v) is 2.56. The zero-order valence-electron chi connectivity index (χ0n) is 8.25. The summed E-state index contributed by atoms with van der Waals surface area (Å²) in [4.78, 5) is 10.6. The highest BCUT2D eigenvalue weighted by Crippen LogP contribution is 2.23. The summed E-state index contributed by atoms with van der Waals surface area (Å²) in [6, 6.07) is 5.80. The van der Waals surface area contributed by atoms with Gasteiger partial charge in [0.15, 0.2) is 0 Å². The maximum absolute atomic E-state index is 10.6. The van der Waals surface area contributed by atoms with Gasteiger partial charge in [-0.3, -0.25) is 4.79 Å². The fourth-order valence-corrected chi connectivity index (χ4v) is 1.86. The van der Waals surface area contributed by atoms with E-state index in [-0.39, 0.29) is 6.42 Å². The minimum atomic E-state index is -0.787. The van der Waals surface area contributed by atoms with Gasteiger partial charge in [0.1, 0.15) is 0 Å². The van der Waals surface area contributed by atoms with Crippen molar-refractivity contribution in [2.45, 2.75) is 26.2 Å². The lowest BCUT2D eigenvalue weighted by atomic mass is 9.95. The van der Waals surface area contributed by atoms with Crippen LogP contribution < -0.4 is 0 Å². The van der Waals surface area contributed by atoms with E-state index in [0.29, 0.717) is 5.92 Å². The summed E-state index contributed by atoms with van der Waals surface area (Å²) in [7, 11) is 0. The van der Waals surface area contributed by atoms with Crippen LogP contribution in [0.15, 0.2) is 22.7 Å². The smallest absolute Gasteiger partial charge is 0.307 e. The Bertz CT molecular complexity index is 345. The normalized spacial score (nSPS) is 10.6. The molecule has 0 aliphatic carbocycles. The van der Waals surface area contributed by atoms with Crippen molar-refractivity contribution in [1.29, 1.82) is 0 Å². The molecule has 1 rings (SSSR count). The standard InChI is InChI=1S/C11H13BrO2/c1-7(2)10-4-3-9(12)5-8(10)6-11(13)14/h3-5,7H,6H2,1-2H3,(H,13,14). The molecule has 0 spiro atoms. The van der Waals surface area contributed by atoms with Crippen molar-refractivity contribution in [2.75, 3.05) is 0 Å². The average molecular weight is 257 g/mol. The number of carboxylic acids is 1. The summed E-state index contributed by atoms with van der Waals surface area (Å²) in [6.07, 6.45) is 0.0902. The Balaban J connectivity index is 3.09. The van der Waals surface area contributed by atoms with Gasteiger partial charge < -0.3 is 5.11 Å². The molecule has 0 saturated heterocycles. The molecular weight excluding hydrogens is 244 g/mol. The Hall–Kier alpha value is -0.830. The predicted octanol–water partition coefficient (Wildman–Crippen LogP) is 3.20. The minimum Gasteiger partial charge on any atom is -0.481 e. The van der Waals surface area contributed by atoms with Crippen LogP contribution in [0.4, 0.5) is 0 Å². The van der Waals surface area contributed by atoms with Crippen LogP contribution in [0.1, 0.15) is 30.9 Å². The second-order valence-corrected chi connectivity index (χ2v) is 4.48. The van der Waals surface area contributed by atoms with Gasteiger partial charge in [-0.05, 0) is 29.2 Å². The highest BCUT2D eigenvalue weighted by molar-refractivity contribution is 9.10. The van der Waals surface area contributed by atoms with Gasteiger partial charge in [-0.2, -0.15) is 0 Å². The first-order valence-electron chi connectivity index (χ1n) is 4.51. The van der Waals surface area contributed by atoms with Crippen molar-refractivity contribution in [3.8, 4) is 0 Å². The lowest BCUT2D eigenvalue weighted by molar-refractivity contribution is -0.136. The molecule has 1 aromatic carbocycles. The summed E-state index contributed by atoms with van der Waals surface area (Å²) in [6.45, 7) is 4.13. The number of carboxylic acid groups (broad SMARTS) is 1. The quantitative estimate of drug-likeness (QED) is 0.902. The molecule has 0 unspecified atom stereocenters. The van der Waals surface area contributed by atoms with Crippen molar-refractivity contribution in [2.24, 2.45) is 0 Å². The summed E-state index contributed by atoms with van der Waals surface area (Å²) >= 11 is 3.34. The monoisotopic (exact) mass is 256 g/mol. The molecule has 1 aromatic rings. The van der Waals surface area contributed by atoms with E-state index < -0.39 is 5.97 Å². The van der Waals surface area contributed by atoms with E-state index in [0.717, 1.165) is 15.6 Å². The third kappa shape index (κ3) is 2.84. The van der Waals surface area contributed by atoms with Gasteiger partial charge in [0.25, 0.3) is 0 Å². The molecule has 0 heterocycles. The first-order valence-corrected chi connectivity index (χ1v) is 5.30. The summed E-state index contributed by atoms with van der Waals surface area (Å²) in [5.41, 5.74) is 2.00. The highest BCUT2D eigenvalue weighted by atomic mass is 79.9. The van der Waals surface area contributed by atoms with Gasteiger partial charge in [-0.1, -0.05) is 35.8 Å². The Morgan fingerprint density at radius 2 is 2.14 bits per heavy atom. The predicted molar refractivity (Wildman–Crippen MR) is 59.6 cm³/mol. The first-order chi connectivity index (χ1) is 6.50. The van der Waals surface area contributed by atoms with Gasteiger partial charge in [-0.25, -0.2) is 0 Å². The van der Waals surface area contributed by atoms with E-state index in [9.17, 15) is 4.79 Å². The number of rotatable bonds is 3. The fraction of sp³-hybridized carbons (Fsp3) is 0.364. The fourth-order valence-electron chi connectivity index (χ4n) is 1.45. The van der Waals surface area contributed by atoms with Crippen molar-refractivity contribution in [3.63, 3.8) is 0 Å². The van der Waals surface area contributed by atoms with Gasteiger partial charge in [-0.15, -0.1) is 0 Å². The zero-order chi connectivity index (χ0) is 10.7. The summed E-state index contributed by atoms with van der Waals surface area (Å²) < 4.78 is 0.929. The first kappa shape index (κ1) is 11.2. The van der Waals surface area contributed by atoms with Gasteiger partial charge in [0.05, 0.1) is 6.42 Å². The minimum absolute atomic E-state index is 0.0902. The van der Waals surface area contributed by atoms with E-state index in [1.165, 1.54) is 0 Å². The topological polar surface area (TPSA) is 37.3 Å². The van der Waals surface area contributed by atoms with Crippen molar-refractivity contribution < 1.29 is 9.90 Å². The van der Waals surface area contributed by atoms with Crippen molar-refractivity contribution in [3.05, 3.63) is 33.8 Å². The number of carbonyl (C=O) groups is 1. The number of aliphatic carboxylic acids is 1. The van der Waals surface area contributed by atoms with E-state index >= 15 is 0 Å². The second kappa shape index (κ2) is 4.60. The molecule has 14 heavy (non-hydrogen) atoms. The van der Waals surface area contributed by atoms with E-state index in [1.807, 2.05) is 18.2 Å². The van der Waals surface area contributed by atoms with Crippen LogP contribution in [-0.2, 0) is 11.2 Å². The molecule has 76 valence electrons. The lowest BCUT2D eigenvalue weighted by Gasteiger charge is -2.11. The van der Waals surface area contributed by atoms with Crippen LogP contribution in [0.5, 0.6) is 0 Å². The Morgan fingerprint density at radius 1 is 1.50 bits per heavy atom. The number of halogens is 1. The van der Waals surface area contributed by atoms with Gasteiger partial charge in [0, 0.05) is 4.47 Å². The Kier molecular flexibility index (Phi) is 3.69. The van der Waals surface area contributed by atoms with Crippen LogP contribution >= 0.6 is 15.9 Å². The summed E-state index contributed by atoms with van der Waals surface area (Å²) in [5, 5.41) is 8.75. The van der Waals surface area contributed by atoms with Crippen molar-refractivity contribution in [1.82, 2.24) is 0 Å². The maximum Gasteiger partial charge on any atom is 0.307 e. The molecule has 3 heteroatoms. The van der Waals surface area contributed by atoms with Crippen LogP contribution in [0, 0.1) is 0 Å². The number of hydrogen-bond acceptors (Lipinski definition) is 1. The molecule has 0 aliphatic rings. The van der Waals surface area contributed by atoms with Crippen LogP contribution in [0.3, 0.4) is 0 Å². The average Bonchev–Trinajstić information content (AvgIpc) is 2.01. The highest BCUT2D eigenvalue weighted by Gasteiger charge is 2.09. The van der Waals surface area contributed by atoms with E-state index in [4.69, 9.17) is 5.11 Å². The molecular formula is C11H13BrO2. The van der Waals surface area contributed by atoms with E-state index in [2.05, 4.69) is 29.8 Å². The molecule has 0 radical (unpaired) electrons. The van der Waals surface area contributed by atoms with Gasteiger partial charge in [0.2, 0.25) is 0 Å². The molecule has 0 atom stereocenters. The molecule has 2 nitrogen and oxygen atoms in total. The molecule has 0 saturated carbocycles. The van der Waals surface area contributed by atoms with Crippen molar-refractivity contribution >= 4 is 21.9 Å². The lowest BCUT2D eigenvalue weighted by Crippen LogP contribution is -2.04. The Labute approximate surface area is 92.1 Å². The molecule has 0 aliphatic heterocycles. The van der Waals surface area contributed by atoms with E-state index in [1.54, 1.807) is 0 Å². The number of hydrogen-bond donors (Lipinski definition) is 1. The second-order valence-electron chi connectivity index (χ2n) is 3.57. The zero-order valence-corrected chi connectivity index (χ0v) is 9.84. The number of benzene rings is 1. The molecule has 0 bridgehead atoms. The largest absolute Gasteiger partial charge is 0.481 e. The maximum atomic E-state index is 10.6.